The van der Waals surface area contributed by atoms with Crippen LogP contribution in [0.2, 0.25) is 0 Å². The highest BCUT2D eigenvalue weighted by atomic mass is 15.1. The van der Waals surface area contributed by atoms with Gasteiger partial charge in [-0.25, -0.2) is 0 Å². The molecule has 0 radical (unpaired) electrons. The Kier molecular flexibility index (Phi) is 7.11. The summed E-state index contributed by atoms with van der Waals surface area (Å²) >= 11 is 0. The Morgan fingerprint density at radius 3 is 2.37 bits per heavy atom. The fourth-order valence-corrected chi connectivity index (χ4v) is 2.91. The SMILES string of the molecule is CCCC(C)(CNC)CN(CC)Cc1ccccc1. The van der Waals surface area contributed by atoms with E-state index in [0.29, 0.717) is 5.41 Å². The predicted octanol–water partition coefficient (Wildman–Crippen LogP) is 3.53. The summed E-state index contributed by atoms with van der Waals surface area (Å²) in [5.74, 6) is 0. The van der Waals surface area contributed by atoms with Crippen molar-refractivity contribution >= 4 is 0 Å². The lowest BCUT2D eigenvalue weighted by Gasteiger charge is -2.35. The molecule has 1 N–H and O–H groups in total. The van der Waals surface area contributed by atoms with Gasteiger partial charge in [0, 0.05) is 19.6 Å². The Balaban J connectivity index is 2.63. The molecule has 108 valence electrons. The molecular weight excluding hydrogens is 232 g/mol. The molecule has 0 saturated carbocycles. The number of benzene rings is 1. The maximum Gasteiger partial charge on any atom is 0.0233 e. The molecular formula is C17H30N2. The van der Waals surface area contributed by atoms with Gasteiger partial charge in [-0.05, 0) is 31.0 Å². The van der Waals surface area contributed by atoms with Crippen molar-refractivity contribution in [2.24, 2.45) is 5.41 Å². The highest BCUT2D eigenvalue weighted by Crippen LogP contribution is 2.24. The lowest BCUT2D eigenvalue weighted by atomic mass is 9.84. The Labute approximate surface area is 119 Å². The van der Waals surface area contributed by atoms with E-state index in [9.17, 15) is 0 Å². The van der Waals surface area contributed by atoms with E-state index in [0.717, 1.165) is 26.2 Å². The van der Waals surface area contributed by atoms with Crippen molar-refractivity contribution in [1.82, 2.24) is 10.2 Å². The number of hydrogen-bond acceptors (Lipinski definition) is 2. The second-order valence-electron chi connectivity index (χ2n) is 5.88. The molecule has 0 aliphatic rings. The molecule has 0 aliphatic heterocycles. The van der Waals surface area contributed by atoms with Crippen LogP contribution in [0.4, 0.5) is 0 Å². The van der Waals surface area contributed by atoms with E-state index in [1.807, 2.05) is 0 Å². The summed E-state index contributed by atoms with van der Waals surface area (Å²) in [6.07, 6.45) is 2.53. The van der Waals surface area contributed by atoms with Gasteiger partial charge in [0.05, 0.1) is 0 Å². The number of rotatable bonds is 9. The van der Waals surface area contributed by atoms with Gasteiger partial charge in [-0.3, -0.25) is 4.90 Å². The molecule has 2 heteroatoms. The minimum absolute atomic E-state index is 0.369. The lowest BCUT2D eigenvalue weighted by molar-refractivity contribution is 0.151. The van der Waals surface area contributed by atoms with Crippen molar-refractivity contribution in [2.75, 3.05) is 26.7 Å². The van der Waals surface area contributed by atoms with Gasteiger partial charge in [-0.15, -0.1) is 0 Å². The normalized spacial score (nSPS) is 14.6. The minimum Gasteiger partial charge on any atom is -0.319 e. The van der Waals surface area contributed by atoms with Crippen molar-refractivity contribution < 1.29 is 0 Å². The van der Waals surface area contributed by atoms with E-state index < -0.39 is 0 Å². The predicted molar refractivity (Wildman–Crippen MR) is 84.3 cm³/mol. The van der Waals surface area contributed by atoms with Gasteiger partial charge in [0.25, 0.3) is 0 Å². The molecule has 0 amide bonds. The van der Waals surface area contributed by atoms with Crippen LogP contribution in [-0.2, 0) is 6.54 Å². The van der Waals surface area contributed by atoms with Crippen molar-refractivity contribution in [1.29, 1.82) is 0 Å². The summed E-state index contributed by atoms with van der Waals surface area (Å²) < 4.78 is 0. The van der Waals surface area contributed by atoms with E-state index in [2.05, 4.69) is 68.4 Å². The standard InChI is InChI=1S/C17H30N2/c1-5-12-17(3,14-18-4)15-19(6-2)13-16-10-8-7-9-11-16/h7-11,18H,5-6,12-15H2,1-4H3. The van der Waals surface area contributed by atoms with Crippen molar-refractivity contribution in [3.63, 3.8) is 0 Å². The molecule has 19 heavy (non-hydrogen) atoms. The van der Waals surface area contributed by atoms with E-state index in [-0.39, 0.29) is 0 Å². The van der Waals surface area contributed by atoms with Crippen LogP contribution in [0.5, 0.6) is 0 Å². The summed E-state index contributed by atoms with van der Waals surface area (Å²) in [5.41, 5.74) is 1.78. The summed E-state index contributed by atoms with van der Waals surface area (Å²) in [5, 5.41) is 3.36. The van der Waals surface area contributed by atoms with Gasteiger partial charge >= 0.3 is 0 Å². The van der Waals surface area contributed by atoms with E-state index in [1.165, 1.54) is 18.4 Å². The van der Waals surface area contributed by atoms with Crippen molar-refractivity contribution in [3.05, 3.63) is 35.9 Å². The minimum atomic E-state index is 0.369. The first kappa shape index (κ1) is 16.2. The third kappa shape index (κ3) is 5.75. The van der Waals surface area contributed by atoms with Crippen LogP contribution in [0.15, 0.2) is 30.3 Å². The Morgan fingerprint density at radius 2 is 1.84 bits per heavy atom. The van der Waals surface area contributed by atoms with Crippen LogP contribution < -0.4 is 5.32 Å². The second kappa shape index (κ2) is 8.34. The average Bonchev–Trinajstić information content (AvgIpc) is 2.39. The van der Waals surface area contributed by atoms with Gasteiger partial charge in [-0.2, -0.15) is 0 Å². The molecule has 0 fully saturated rings. The first-order valence-corrected chi connectivity index (χ1v) is 7.54. The largest absolute Gasteiger partial charge is 0.319 e. The summed E-state index contributed by atoms with van der Waals surface area (Å²) in [6.45, 7) is 11.4. The average molecular weight is 262 g/mol. The first-order chi connectivity index (χ1) is 9.13. The lowest BCUT2D eigenvalue weighted by Crippen LogP contribution is -2.41. The second-order valence-corrected chi connectivity index (χ2v) is 5.88. The number of nitrogens with one attached hydrogen (secondary N) is 1. The monoisotopic (exact) mass is 262 g/mol. The fraction of sp³-hybridized carbons (Fsp3) is 0.647. The van der Waals surface area contributed by atoms with E-state index in [1.54, 1.807) is 0 Å². The van der Waals surface area contributed by atoms with E-state index >= 15 is 0 Å². The highest BCUT2D eigenvalue weighted by Gasteiger charge is 2.25. The maximum atomic E-state index is 3.36. The molecule has 1 rings (SSSR count). The molecule has 0 saturated heterocycles. The molecule has 0 heterocycles. The molecule has 2 nitrogen and oxygen atoms in total. The van der Waals surface area contributed by atoms with Crippen LogP contribution in [0.3, 0.4) is 0 Å². The number of nitrogens with zero attached hydrogens (tertiary/aromatic N) is 1. The van der Waals surface area contributed by atoms with E-state index in [4.69, 9.17) is 0 Å². The van der Waals surface area contributed by atoms with Gasteiger partial charge in [0.2, 0.25) is 0 Å². The van der Waals surface area contributed by atoms with Gasteiger partial charge < -0.3 is 5.32 Å². The molecule has 1 aromatic rings. The number of hydrogen-bond donors (Lipinski definition) is 1. The van der Waals surface area contributed by atoms with Gasteiger partial charge in [-0.1, -0.05) is 57.5 Å². The smallest absolute Gasteiger partial charge is 0.0233 e. The summed E-state index contributed by atoms with van der Waals surface area (Å²) in [4.78, 5) is 2.56. The van der Waals surface area contributed by atoms with Crippen LogP contribution in [0.25, 0.3) is 0 Å². The molecule has 1 atom stereocenters. The Morgan fingerprint density at radius 1 is 1.16 bits per heavy atom. The molecule has 0 aromatic heterocycles. The van der Waals surface area contributed by atoms with Crippen molar-refractivity contribution in [2.45, 2.75) is 40.2 Å². The third-order valence-electron chi connectivity index (χ3n) is 3.76. The first-order valence-electron chi connectivity index (χ1n) is 7.54. The zero-order valence-electron chi connectivity index (χ0n) is 13.1. The zero-order valence-corrected chi connectivity index (χ0v) is 13.1. The van der Waals surface area contributed by atoms with Gasteiger partial charge in [0.1, 0.15) is 0 Å². The maximum absolute atomic E-state index is 3.36. The quantitative estimate of drug-likeness (QED) is 0.732. The van der Waals surface area contributed by atoms with Crippen LogP contribution in [0.1, 0.15) is 39.2 Å². The Bertz CT molecular complexity index is 328. The van der Waals surface area contributed by atoms with Crippen LogP contribution in [-0.4, -0.2) is 31.6 Å². The van der Waals surface area contributed by atoms with Crippen molar-refractivity contribution in [3.8, 4) is 0 Å². The topological polar surface area (TPSA) is 15.3 Å². The Hall–Kier alpha value is -0.860. The molecule has 0 bridgehead atoms. The van der Waals surface area contributed by atoms with Crippen LogP contribution >= 0.6 is 0 Å². The molecule has 0 spiro atoms. The molecule has 1 unspecified atom stereocenters. The third-order valence-corrected chi connectivity index (χ3v) is 3.76. The van der Waals surface area contributed by atoms with Crippen LogP contribution in [0, 0.1) is 5.41 Å². The fourth-order valence-electron chi connectivity index (χ4n) is 2.91. The molecule has 1 aromatic carbocycles. The summed E-state index contributed by atoms with van der Waals surface area (Å²) in [6, 6.07) is 10.8. The van der Waals surface area contributed by atoms with Gasteiger partial charge in [0.15, 0.2) is 0 Å². The highest BCUT2D eigenvalue weighted by molar-refractivity contribution is 5.14. The molecule has 0 aliphatic carbocycles. The zero-order chi connectivity index (χ0) is 14.1. The summed E-state index contributed by atoms with van der Waals surface area (Å²) in [7, 11) is 2.06.